The molecule has 2 N–H and O–H groups in total. The molecular weight excluding hydrogens is 278 g/mol. The first-order valence-electron chi connectivity index (χ1n) is 6.54. The van der Waals surface area contributed by atoms with Crippen molar-refractivity contribution in [2.24, 2.45) is 0 Å². The van der Waals surface area contributed by atoms with Crippen molar-refractivity contribution < 1.29 is 18.3 Å². The Morgan fingerprint density at radius 2 is 1.95 bits per heavy atom. The van der Waals surface area contributed by atoms with Crippen molar-refractivity contribution in [1.29, 1.82) is 0 Å². The summed E-state index contributed by atoms with van der Waals surface area (Å²) in [5.74, 6) is 0. The molecule has 0 saturated carbocycles. The number of benzene rings is 1. The van der Waals surface area contributed by atoms with Gasteiger partial charge in [0.15, 0.2) is 0 Å². The summed E-state index contributed by atoms with van der Waals surface area (Å²) in [6.45, 7) is 5.73. The van der Waals surface area contributed by atoms with Gasteiger partial charge in [-0.25, -0.2) is 13.1 Å². The number of aliphatic hydroxyl groups excluding tert-OH is 1. The van der Waals surface area contributed by atoms with Crippen LogP contribution in [-0.4, -0.2) is 33.3 Å². The van der Waals surface area contributed by atoms with Crippen molar-refractivity contribution in [3.05, 3.63) is 28.8 Å². The van der Waals surface area contributed by atoms with E-state index < -0.39 is 10.0 Å². The SMILES string of the molecule is COCCC(C)NS(=O)(=O)c1cc(CO)c(C)cc1C. The molecule has 114 valence electrons. The molecule has 20 heavy (non-hydrogen) atoms. The smallest absolute Gasteiger partial charge is 0.241 e. The van der Waals surface area contributed by atoms with Crippen LogP contribution in [0.5, 0.6) is 0 Å². The van der Waals surface area contributed by atoms with Crippen LogP contribution in [0.15, 0.2) is 17.0 Å². The van der Waals surface area contributed by atoms with Gasteiger partial charge in [-0.05, 0) is 49.9 Å². The molecule has 1 unspecified atom stereocenters. The third-order valence-electron chi connectivity index (χ3n) is 3.20. The number of hydrogen-bond acceptors (Lipinski definition) is 4. The summed E-state index contributed by atoms with van der Waals surface area (Å²) in [5.41, 5.74) is 2.18. The topological polar surface area (TPSA) is 75.6 Å². The van der Waals surface area contributed by atoms with Gasteiger partial charge in [0.05, 0.1) is 11.5 Å². The Bertz CT molecular complexity index is 555. The van der Waals surface area contributed by atoms with E-state index in [4.69, 9.17) is 4.74 Å². The number of ether oxygens (including phenoxy) is 1. The lowest BCUT2D eigenvalue weighted by atomic mass is 10.1. The molecule has 0 aromatic heterocycles. The summed E-state index contributed by atoms with van der Waals surface area (Å²) in [4.78, 5) is 0.219. The van der Waals surface area contributed by atoms with Crippen LogP contribution in [0.25, 0.3) is 0 Å². The Labute approximate surface area is 121 Å². The summed E-state index contributed by atoms with van der Waals surface area (Å²) in [6, 6.07) is 3.11. The van der Waals surface area contributed by atoms with Crippen molar-refractivity contribution in [3.8, 4) is 0 Å². The first-order chi connectivity index (χ1) is 9.31. The van der Waals surface area contributed by atoms with Crippen LogP contribution < -0.4 is 4.72 Å². The maximum atomic E-state index is 12.4. The van der Waals surface area contributed by atoms with Gasteiger partial charge in [-0.15, -0.1) is 0 Å². The highest BCUT2D eigenvalue weighted by atomic mass is 32.2. The lowest BCUT2D eigenvalue weighted by molar-refractivity contribution is 0.188. The Morgan fingerprint density at radius 1 is 1.30 bits per heavy atom. The highest BCUT2D eigenvalue weighted by Gasteiger charge is 2.20. The average Bonchev–Trinajstić information content (AvgIpc) is 2.35. The first-order valence-corrected chi connectivity index (χ1v) is 8.02. The normalized spacial score (nSPS) is 13.4. The molecule has 0 aliphatic heterocycles. The van der Waals surface area contributed by atoms with E-state index in [0.29, 0.717) is 24.2 Å². The van der Waals surface area contributed by atoms with E-state index >= 15 is 0 Å². The number of methoxy groups -OCH3 is 1. The molecule has 1 atom stereocenters. The van der Waals surface area contributed by atoms with Gasteiger partial charge in [-0.2, -0.15) is 0 Å². The fourth-order valence-electron chi connectivity index (χ4n) is 2.02. The molecule has 6 heteroatoms. The second kappa shape index (κ2) is 7.17. The second-order valence-corrected chi connectivity index (χ2v) is 6.69. The van der Waals surface area contributed by atoms with Gasteiger partial charge in [-0.3, -0.25) is 0 Å². The van der Waals surface area contributed by atoms with E-state index in [1.54, 1.807) is 27.0 Å². The van der Waals surface area contributed by atoms with Crippen molar-refractivity contribution >= 4 is 10.0 Å². The van der Waals surface area contributed by atoms with Crippen molar-refractivity contribution in [2.45, 2.75) is 44.7 Å². The fourth-order valence-corrected chi connectivity index (χ4v) is 3.57. The predicted molar refractivity (Wildman–Crippen MR) is 78.1 cm³/mol. The maximum Gasteiger partial charge on any atom is 0.241 e. The number of rotatable bonds is 7. The van der Waals surface area contributed by atoms with E-state index in [2.05, 4.69) is 4.72 Å². The molecule has 0 spiro atoms. The second-order valence-electron chi connectivity index (χ2n) is 5.01. The number of nitrogens with one attached hydrogen (secondary N) is 1. The van der Waals surface area contributed by atoms with E-state index in [0.717, 1.165) is 5.56 Å². The average molecular weight is 301 g/mol. The Balaban J connectivity index is 3.03. The third-order valence-corrected chi connectivity index (χ3v) is 4.94. The highest BCUT2D eigenvalue weighted by molar-refractivity contribution is 7.89. The summed E-state index contributed by atoms with van der Waals surface area (Å²) < 4.78 is 32.3. The Morgan fingerprint density at radius 3 is 2.50 bits per heavy atom. The lowest BCUT2D eigenvalue weighted by Gasteiger charge is -2.16. The standard InChI is InChI=1S/C14H23NO4S/c1-10-7-11(2)14(8-13(10)9-16)20(17,18)15-12(3)5-6-19-4/h7-8,12,15-16H,5-6,9H2,1-4H3. The maximum absolute atomic E-state index is 12.4. The van der Waals surface area contributed by atoms with Crippen LogP contribution >= 0.6 is 0 Å². The summed E-state index contributed by atoms with van der Waals surface area (Å²) in [7, 11) is -2.00. The molecule has 0 amide bonds. The first kappa shape index (κ1) is 17.1. The molecule has 0 bridgehead atoms. The van der Waals surface area contributed by atoms with Gasteiger partial charge in [0.25, 0.3) is 0 Å². The van der Waals surface area contributed by atoms with Crippen LogP contribution in [-0.2, 0) is 21.4 Å². The zero-order valence-electron chi connectivity index (χ0n) is 12.4. The molecule has 0 aliphatic rings. The number of aliphatic hydroxyl groups is 1. The van der Waals surface area contributed by atoms with E-state index in [-0.39, 0.29) is 17.5 Å². The van der Waals surface area contributed by atoms with E-state index in [1.807, 2.05) is 6.92 Å². The van der Waals surface area contributed by atoms with Crippen LogP contribution in [0, 0.1) is 13.8 Å². The summed E-state index contributed by atoms with van der Waals surface area (Å²) in [5, 5.41) is 9.27. The van der Waals surface area contributed by atoms with Gasteiger partial charge in [0, 0.05) is 19.8 Å². The molecule has 1 aromatic carbocycles. The largest absolute Gasteiger partial charge is 0.392 e. The van der Waals surface area contributed by atoms with Crippen LogP contribution in [0.2, 0.25) is 0 Å². The Kier molecular flexibility index (Phi) is 6.13. The molecule has 1 rings (SSSR count). The molecule has 0 radical (unpaired) electrons. The Hall–Kier alpha value is -0.950. The minimum absolute atomic E-state index is 0.173. The van der Waals surface area contributed by atoms with E-state index in [9.17, 15) is 13.5 Å². The fraction of sp³-hybridized carbons (Fsp3) is 0.571. The van der Waals surface area contributed by atoms with Crippen molar-refractivity contribution in [1.82, 2.24) is 4.72 Å². The molecule has 1 aromatic rings. The van der Waals surface area contributed by atoms with Crippen molar-refractivity contribution in [2.75, 3.05) is 13.7 Å². The van der Waals surface area contributed by atoms with Gasteiger partial charge in [-0.1, -0.05) is 6.07 Å². The zero-order chi connectivity index (χ0) is 15.3. The molecule has 0 heterocycles. The predicted octanol–water partition coefficient (Wildman–Crippen LogP) is 1.50. The lowest BCUT2D eigenvalue weighted by Crippen LogP contribution is -2.33. The minimum atomic E-state index is -3.59. The van der Waals surface area contributed by atoms with Crippen LogP contribution in [0.1, 0.15) is 30.0 Å². The van der Waals surface area contributed by atoms with Crippen LogP contribution in [0.4, 0.5) is 0 Å². The van der Waals surface area contributed by atoms with Crippen molar-refractivity contribution in [3.63, 3.8) is 0 Å². The summed E-state index contributed by atoms with van der Waals surface area (Å²) in [6.07, 6.45) is 0.605. The number of aryl methyl sites for hydroxylation is 2. The van der Waals surface area contributed by atoms with E-state index in [1.165, 1.54) is 6.07 Å². The van der Waals surface area contributed by atoms with Gasteiger partial charge >= 0.3 is 0 Å². The van der Waals surface area contributed by atoms with Gasteiger partial charge in [0.1, 0.15) is 0 Å². The molecular formula is C14H23NO4S. The number of sulfonamides is 1. The number of hydrogen-bond donors (Lipinski definition) is 2. The molecule has 0 aliphatic carbocycles. The van der Waals surface area contributed by atoms with Crippen LogP contribution in [0.3, 0.4) is 0 Å². The molecule has 0 saturated heterocycles. The minimum Gasteiger partial charge on any atom is -0.392 e. The van der Waals surface area contributed by atoms with Gasteiger partial charge < -0.3 is 9.84 Å². The third kappa shape index (κ3) is 4.28. The quantitative estimate of drug-likeness (QED) is 0.800. The molecule has 5 nitrogen and oxygen atoms in total. The summed E-state index contributed by atoms with van der Waals surface area (Å²) >= 11 is 0. The monoisotopic (exact) mass is 301 g/mol. The molecule has 0 fully saturated rings. The van der Waals surface area contributed by atoms with Gasteiger partial charge in [0.2, 0.25) is 10.0 Å². The highest BCUT2D eigenvalue weighted by Crippen LogP contribution is 2.21. The zero-order valence-corrected chi connectivity index (χ0v) is 13.3.